The lowest BCUT2D eigenvalue weighted by Crippen LogP contribution is -2.56. The summed E-state index contributed by atoms with van der Waals surface area (Å²) in [5.41, 5.74) is 4.60. The van der Waals surface area contributed by atoms with E-state index in [0.29, 0.717) is 44.8 Å². The number of carbonyl (C=O) groups excluding carboxylic acids is 1. The van der Waals surface area contributed by atoms with E-state index in [-0.39, 0.29) is 18.5 Å². The minimum atomic E-state index is -0.224. The van der Waals surface area contributed by atoms with Crippen LogP contribution < -0.4 is 14.5 Å². The molecular formula is C35H43N7O2. The minimum Gasteiger partial charge on any atom is -0.462 e. The van der Waals surface area contributed by atoms with Gasteiger partial charge in [0, 0.05) is 55.4 Å². The summed E-state index contributed by atoms with van der Waals surface area (Å²) in [4.78, 5) is 35.0. The highest BCUT2D eigenvalue weighted by Gasteiger charge is 2.35. The molecule has 2 aromatic carbocycles. The molecule has 2 aliphatic heterocycles. The molecule has 3 aliphatic rings. The molecule has 0 radical (unpaired) electrons. The van der Waals surface area contributed by atoms with Gasteiger partial charge in [-0.25, -0.2) is 6.57 Å². The number of benzene rings is 2. The molecule has 2 fully saturated rings. The smallest absolute Gasteiger partial charge is 0.318 e. The zero-order valence-corrected chi connectivity index (χ0v) is 26.2. The Morgan fingerprint density at radius 2 is 1.98 bits per heavy atom. The molecule has 1 saturated carbocycles. The third-order valence-corrected chi connectivity index (χ3v) is 9.67. The molecule has 230 valence electrons. The van der Waals surface area contributed by atoms with Crippen LogP contribution in [0, 0.1) is 19.4 Å². The van der Waals surface area contributed by atoms with Crippen LogP contribution in [-0.2, 0) is 17.8 Å². The average molecular weight is 594 g/mol. The van der Waals surface area contributed by atoms with Crippen molar-refractivity contribution in [3.8, 4) is 6.01 Å². The molecule has 1 aromatic heterocycles. The zero-order chi connectivity index (χ0) is 30.8. The molecule has 0 bridgehead atoms. The number of hydrogen-bond donors (Lipinski definition) is 0. The molecule has 3 aromatic rings. The summed E-state index contributed by atoms with van der Waals surface area (Å²) in [5.74, 6) is 1.54. The van der Waals surface area contributed by atoms with E-state index in [9.17, 15) is 4.79 Å². The van der Waals surface area contributed by atoms with E-state index in [1.807, 2.05) is 0 Å². The van der Waals surface area contributed by atoms with Crippen LogP contribution in [0.25, 0.3) is 15.6 Å². The molecule has 44 heavy (non-hydrogen) atoms. The molecule has 1 unspecified atom stereocenters. The van der Waals surface area contributed by atoms with Crippen molar-refractivity contribution in [1.82, 2.24) is 19.8 Å². The highest BCUT2D eigenvalue weighted by Crippen LogP contribution is 2.36. The number of aromatic nitrogens is 2. The highest BCUT2D eigenvalue weighted by molar-refractivity contribution is 5.97. The number of amides is 1. The fraction of sp³-hybridized carbons (Fsp3) is 0.486. The van der Waals surface area contributed by atoms with Gasteiger partial charge in [0.1, 0.15) is 18.5 Å². The number of piperazine rings is 1. The van der Waals surface area contributed by atoms with Gasteiger partial charge in [0.25, 0.3) is 0 Å². The van der Waals surface area contributed by atoms with E-state index in [0.717, 1.165) is 42.5 Å². The lowest BCUT2D eigenvalue weighted by atomic mass is 9.99. The number of aryl methyl sites for hydroxylation is 1. The van der Waals surface area contributed by atoms with Gasteiger partial charge < -0.3 is 29.2 Å². The van der Waals surface area contributed by atoms with Gasteiger partial charge in [-0.3, -0.25) is 4.79 Å². The summed E-state index contributed by atoms with van der Waals surface area (Å²) in [6.45, 7) is 20.4. The van der Waals surface area contributed by atoms with E-state index >= 15 is 0 Å². The maximum absolute atomic E-state index is 12.6. The van der Waals surface area contributed by atoms with Crippen molar-refractivity contribution >= 4 is 28.2 Å². The quantitative estimate of drug-likeness (QED) is 0.249. The van der Waals surface area contributed by atoms with Crippen molar-refractivity contribution in [2.24, 2.45) is 5.92 Å². The van der Waals surface area contributed by atoms with Gasteiger partial charge in [-0.15, -0.1) is 0 Å². The van der Waals surface area contributed by atoms with Crippen LogP contribution in [0.2, 0.25) is 0 Å². The predicted molar refractivity (Wildman–Crippen MR) is 175 cm³/mol. The number of carbonyl (C=O) groups is 1. The normalized spacial score (nSPS) is 19.1. The summed E-state index contributed by atoms with van der Waals surface area (Å²) in [6, 6.07) is 13.7. The lowest BCUT2D eigenvalue weighted by molar-refractivity contribution is -0.128. The molecule has 9 heteroatoms. The number of anilines is 2. The number of likely N-dealkylation sites (N-methyl/N-ethyl adjacent to an activating group) is 1. The molecule has 3 heterocycles. The Kier molecular flexibility index (Phi) is 8.72. The fourth-order valence-electron chi connectivity index (χ4n) is 6.83. The summed E-state index contributed by atoms with van der Waals surface area (Å²) >= 11 is 0. The Bertz CT molecular complexity index is 1570. The topological polar surface area (TPSA) is 69.4 Å². The van der Waals surface area contributed by atoms with Gasteiger partial charge in [-0.1, -0.05) is 36.9 Å². The second-order valence-corrected chi connectivity index (χ2v) is 12.5. The summed E-state index contributed by atoms with van der Waals surface area (Å²) in [5, 5.41) is 2.52. The molecule has 0 N–H and O–H groups in total. The van der Waals surface area contributed by atoms with E-state index in [1.54, 1.807) is 4.90 Å². The monoisotopic (exact) mass is 593 g/mol. The van der Waals surface area contributed by atoms with Crippen LogP contribution in [-0.4, -0.2) is 90.7 Å². The predicted octanol–water partition coefficient (Wildman–Crippen LogP) is 4.73. The number of fused-ring (bicyclic) bond motifs is 2. The Morgan fingerprint density at radius 1 is 1.18 bits per heavy atom. The van der Waals surface area contributed by atoms with Crippen LogP contribution in [0.5, 0.6) is 6.01 Å². The Hall–Kier alpha value is -4.16. The number of hydrogen-bond acceptors (Lipinski definition) is 7. The van der Waals surface area contributed by atoms with Crippen LogP contribution in [0.15, 0.2) is 49.1 Å². The molecule has 9 nitrogen and oxygen atoms in total. The third kappa shape index (κ3) is 6.09. The maximum Gasteiger partial charge on any atom is 0.318 e. The molecular weight excluding hydrogens is 550 g/mol. The fourth-order valence-corrected chi connectivity index (χ4v) is 6.83. The number of ether oxygens (including phenoxy) is 1. The van der Waals surface area contributed by atoms with Gasteiger partial charge in [-0.05, 0) is 69.2 Å². The van der Waals surface area contributed by atoms with E-state index in [1.165, 1.54) is 40.9 Å². The van der Waals surface area contributed by atoms with Crippen molar-refractivity contribution in [3.63, 3.8) is 0 Å². The van der Waals surface area contributed by atoms with E-state index < -0.39 is 0 Å². The first-order chi connectivity index (χ1) is 21.4. The maximum atomic E-state index is 12.6. The first kappa shape index (κ1) is 29.9. The van der Waals surface area contributed by atoms with Crippen molar-refractivity contribution in [1.29, 1.82) is 0 Å². The molecule has 6 rings (SSSR count). The second kappa shape index (κ2) is 12.8. The van der Waals surface area contributed by atoms with Gasteiger partial charge in [0.05, 0.1) is 12.2 Å². The molecule has 1 amide bonds. The largest absolute Gasteiger partial charge is 0.462 e. The summed E-state index contributed by atoms with van der Waals surface area (Å²) < 4.78 is 6.27. The van der Waals surface area contributed by atoms with Crippen LogP contribution in [0.1, 0.15) is 36.6 Å². The summed E-state index contributed by atoms with van der Waals surface area (Å²) in [7, 11) is 2.16. The van der Waals surface area contributed by atoms with Gasteiger partial charge in [0.2, 0.25) is 12.5 Å². The highest BCUT2D eigenvalue weighted by atomic mass is 16.5. The van der Waals surface area contributed by atoms with Crippen molar-refractivity contribution < 1.29 is 9.53 Å². The zero-order valence-electron chi connectivity index (χ0n) is 26.2. The van der Waals surface area contributed by atoms with Crippen LogP contribution >= 0.6 is 0 Å². The lowest BCUT2D eigenvalue weighted by Gasteiger charge is -2.41. The second-order valence-electron chi connectivity index (χ2n) is 12.5. The van der Waals surface area contributed by atoms with Crippen LogP contribution in [0.4, 0.5) is 11.5 Å². The molecule has 0 spiro atoms. The molecule has 1 aliphatic carbocycles. The Balaban J connectivity index is 1.30. The van der Waals surface area contributed by atoms with Crippen molar-refractivity contribution in [2.75, 3.05) is 62.7 Å². The molecule has 1 saturated heterocycles. The third-order valence-electron chi connectivity index (χ3n) is 9.67. The first-order valence-electron chi connectivity index (χ1n) is 15.8. The van der Waals surface area contributed by atoms with Crippen molar-refractivity contribution in [2.45, 2.75) is 51.7 Å². The number of nitrogens with zero attached hydrogens (tertiary/aromatic N) is 7. The van der Waals surface area contributed by atoms with Crippen LogP contribution in [0.3, 0.4) is 0 Å². The van der Waals surface area contributed by atoms with E-state index in [2.05, 4.69) is 83.4 Å². The Labute approximate surface area is 260 Å². The van der Waals surface area contributed by atoms with Gasteiger partial charge >= 0.3 is 6.01 Å². The van der Waals surface area contributed by atoms with E-state index in [4.69, 9.17) is 21.3 Å². The number of rotatable bonds is 10. The van der Waals surface area contributed by atoms with Gasteiger partial charge in [-0.2, -0.15) is 9.97 Å². The standard InChI is InChI=1S/C35H43N7O2/c1-6-32(43)42-18-17-41(22-28(42)21-36-4)34-29-15-16-40(31-12-8-11-27-10-7-9-24(2)33(27)31)23-30(29)37-35(38-34)44-20-19-39(5)25(3)26-13-14-26/h6-12,25-26,28H,1,13-23H2,2-3,5H3/t25-,28?/m0/s1. The minimum absolute atomic E-state index is 0.127. The van der Waals surface area contributed by atoms with Crippen molar-refractivity contribution in [3.05, 3.63) is 77.3 Å². The summed E-state index contributed by atoms with van der Waals surface area (Å²) in [6.07, 6.45) is 4.77. The SMILES string of the molecule is [C-]#[N+]CC1CN(c2nc(OCCN(C)[C@@H](C)C3CC3)nc3c2CCN(c2cccc4cccc(C)c24)C3)CCN1C(=O)C=C. The Morgan fingerprint density at radius 3 is 2.73 bits per heavy atom. The van der Waals surface area contributed by atoms with Gasteiger partial charge in [0.15, 0.2) is 0 Å². The average Bonchev–Trinajstić information content (AvgIpc) is 3.89. The molecule has 2 atom stereocenters. The first-order valence-corrected chi connectivity index (χ1v) is 15.8.